The minimum Gasteiger partial charge on any atom is -0.275 e. The van der Waals surface area contributed by atoms with Gasteiger partial charge in [-0.05, 0) is 36.7 Å². The Morgan fingerprint density at radius 3 is 2.55 bits per heavy atom. The summed E-state index contributed by atoms with van der Waals surface area (Å²) in [6.07, 6.45) is 2.77. The summed E-state index contributed by atoms with van der Waals surface area (Å²) in [6.45, 7) is 6.92. The van der Waals surface area contributed by atoms with Gasteiger partial charge in [0, 0.05) is 31.8 Å². The van der Waals surface area contributed by atoms with Gasteiger partial charge in [0.15, 0.2) is 0 Å². The van der Waals surface area contributed by atoms with Gasteiger partial charge < -0.3 is 0 Å². The molecule has 0 spiro atoms. The quantitative estimate of drug-likeness (QED) is 0.642. The number of halogens is 1. The fourth-order valence-corrected chi connectivity index (χ4v) is 2.92. The minimum absolute atomic E-state index is 0.0152. The highest BCUT2D eigenvalue weighted by Gasteiger charge is 2.20. The molecule has 2 aromatic rings. The number of hydrogen-bond donors (Lipinski definition) is 2. The SMILES string of the molecule is CCn1nc(C)c(Br)c1CC(NN)c1cn(C)nc1C. The number of nitrogens with zero attached hydrogens (tertiary/aromatic N) is 4. The van der Waals surface area contributed by atoms with Crippen molar-refractivity contribution in [1.82, 2.24) is 25.0 Å². The highest BCUT2D eigenvalue weighted by Crippen LogP contribution is 2.27. The summed E-state index contributed by atoms with van der Waals surface area (Å²) in [5.41, 5.74) is 7.15. The molecule has 0 aliphatic carbocycles. The molecule has 1 atom stereocenters. The lowest BCUT2D eigenvalue weighted by Gasteiger charge is -2.16. The fraction of sp³-hybridized carbons (Fsp3) is 0.538. The van der Waals surface area contributed by atoms with E-state index in [9.17, 15) is 0 Å². The number of rotatable bonds is 5. The maximum atomic E-state index is 5.75. The van der Waals surface area contributed by atoms with Gasteiger partial charge in [0.05, 0.1) is 27.6 Å². The standard InChI is InChI=1S/C13H21BrN6/c1-5-20-12(13(14)9(3)18-20)6-11(16-15)10-7-19(4)17-8(10)2/h7,11,16H,5-6,15H2,1-4H3. The van der Waals surface area contributed by atoms with Crippen LogP contribution in [0.3, 0.4) is 0 Å². The van der Waals surface area contributed by atoms with Gasteiger partial charge in [0.25, 0.3) is 0 Å². The third kappa shape index (κ3) is 2.79. The second-order valence-corrected chi connectivity index (χ2v) is 5.72. The van der Waals surface area contributed by atoms with Crippen LogP contribution in [0.4, 0.5) is 0 Å². The van der Waals surface area contributed by atoms with Gasteiger partial charge in [-0.1, -0.05) is 0 Å². The molecule has 0 saturated carbocycles. The zero-order valence-corrected chi connectivity index (χ0v) is 13.9. The molecule has 0 saturated heterocycles. The predicted octanol–water partition coefficient (Wildman–Crippen LogP) is 1.76. The summed E-state index contributed by atoms with van der Waals surface area (Å²) in [5.74, 6) is 5.75. The van der Waals surface area contributed by atoms with Crippen LogP contribution in [0.15, 0.2) is 10.7 Å². The largest absolute Gasteiger partial charge is 0.275 e. The second kappa shape index (κ2) is 6.07. The van der Waals surface area contributed by atoms with Crippen LogP contribution in [0.25, 0.3) is 0 Å². The average Bonchev–Trinajstić information content (AvgIpc) is 2.88. The maximum absolute atomic E-state index is 5.75. The summed E-state index contributed by atoms with van der Waals surface area (Å²) < 4.78 is 4.88. The van der Waals surface area contributed by atoms with Crippen molar-refractivity contribution in [2.45, 2.75) is 39.8 Å². The lowest BCUT2D eigenvalue weighted by Crippen LogP contribution is -2.30. The Morgan fingerprint density at radius 1 is 1.35 bits per heavy atom. The molecule has 3 N–H and O–H groups in total. The molecule has 2 aromatic heterocycles. The first-order valence-electron chi connectivity index (χ1n) is 6.66. The summed E-state index contributed by atoms with van der Waals surface area (Å²) >= 11 is 3.62. The summed E-state index contributed by atoms with van der Waals surface area (Å²) in [7, 11) is 1.92. The van der Waals surface area contributed by atoms with Gasteiger partial charge in [-0.2, -0.15) is 10.2 Å². The first kappa shape index (κ1) is 15.2. The smallest absolute Gasteiger partial charge is 0.0738 e. The Morgan fingerprint density at radius 2 is 2.05 bits per heavy atom. The average molecular weight is 341 g/mol. The molecule has 6 nitrogen and oxygen atoms in total. The van der Waals surface area contributed by atoms with E-state index in [0.717, 1.165) is 40.1 Å². The van der Waals surface area contributed by atoms with E-state index in [1.165, 1.54) is 0 Å². The van der Waals surface area contributed by atoms with Crippen LogP contribution in [0, 0.1) is 13.8 Å². The Bertz CT molecular complexity index is 600. The fourth-order valence-electron chi connectivity index (χ4n) is 2.48. The molecule has 1 unspecified atom stereocenters. The molecule has 110 valence electrons. The van der Waals surface area contributed by atoms with E-state index in [1.54, 1.807) is 0 Å². The van der Waals surface area contributed by atoms with Crippen LogP contribution in [0.5, 0.6) is 0 Å². The molecule has 0 fully saturated rings. The third-order valence-electron chi connectivity index (χ3n) is 3.48. The lowest BCUT2D eigenvalue weighted by molar-refractivity contribution is 0.514. The first-order chi connectivity index (χ1) is 9.47. The number of hydrazine groups is 1. The monoisotopic (exact) mass is 340 g/mol. The van der Waals surface area contributed by atoms with Crippen LogP contribution < -0.4 is 11.3 Å². The zero-order valence-electron chi connectivity index (χ0n) is 12.3. The van der Waals surface area contributed by atoms with Crippen LogP contribution in [0.1, 0.15) is 35.6 Å². The van der Waals surface area contributed by atoms with Crippen molar-refractivity contribution < 1.29 is 0 Å². The van der Waals surface area contributed by atoms with Crippen molar-refractivity contribution in [3.05, 3.63) is 33.3 Å². The Balaban J connectivity index is 2.34. The van der Waals surface area contributed by atoms with Gasteiger partial charge in [0.1, 0.15) is 0 Å². The molecule has 0 aromatic carbocycles. The molecule has 0 aliphatic heterocycles. The van der Waals surface area contributed by atoms with Crippen LogP contribution >= 0.6 is 15.9 Å². The summed E-state index contributed by atoms with van der Waals surface area (Å²) in [6, 6.07) is 0.0152. The van der Waals surface area contributed by atoms with E-state index in [2.05, 4.69) is 38.5 Å². The number of aryl methyl sites for hydroxylation is 4. The van der Waals surface area contributed by atoms with Crippen molar-refractivity contribution >= 4 is 15.9 Å². The molecule has 2 rings (SSSR count). The van der Waals surface area contributed by atoms with Crippen molar-refractivity contribution in [2.24, 2.45) is 12.9 Å². The molecule has 0 amide bonds. The van der Waals surface area contributed by atoms with Crippen molar-refractivity contribution in [2.75, 3.05) is 0 Å². The second-order valence-electron chi connectivity index (χ2n) is 4.93. The maximum Gasteiger partial charge on any atom is 0.0738 e. The molecule has 0 bridgehead atoms. The van der Waals surface area contributed by atoms with E-state index in [1.807, 2.05) is 36.5 Å². The van der Waals surface area contributed by atoms with Crippen molar-refractivity contribution in [1.29, 1.82) is 0 Å². The van der Waals surface area contributed by atoms with Gasteiger partial charge in [0.2, 0.25) is 0 Å². The lowest BCUT2D eigenvalue weighted by atomic mass is 10.0. The first-order valence-corrected chi connectivity index (χ1v) is 7.45. The Labute approximate surface area is 127 Å². The highest BCUT2D eigenvalue weighted by molar-refractivity contribution is 9.10. The molecule has 7 heteroatoms. The van der Waals surface area contributed by atoms with E-state index < -0.39 is 0 Å². The molecule has 0 aliphatic rings. The van der Waals surface area contributed by atoms with Crippen LogP contribution in [-0.4, -0.2) is 19.6 Å². The molecular weight excluding hydrogens is 320 g/mol. The predicted molar refractivity (Wildman–Crippen MR) is 82.1 cm³/mol. The molecule has 2 heterocycles. The van der Waals surface area contributed by atoms with E-state index in [4.69, 9.17) is 5.84 Å². The van der Waals surface area contributed by atoms with Gasteiger partial charge in [-0.3, -0.25) is 20.6 Å². The Hall–Kier alpha value is -1.18. The van der Waals surface area contributed by atoms with Crippen LogP contribution in [0.2, 0.25) is 0 Å². The topological polar surface area (TPSA) is 73.7 Å². The summed E-state index contributed by atoms with van der Waals surface area (Å²) in [5, 5.41) is 8.90. The molecular formula is C13H21BrN6. The van der Waals surface area contributed by atoms with Crippen molar-refractivity contribution in [3.8, 4) is 0 Å². The van der Waals surface area contributed by atoms with E-state index in [0.29, 0.717) is 0 Å². The van der Waals surface area contributed by atoms with E-state index >= 15 is 0 Å². The van der Waals surface area contributed by atoms with Gasteiger partial charge in [-0.25, -0.2) is 0 Å². The highest BCUT2D eigenvalue weighted by atomic mass is 79.9. The number of nitrogens with one attached hydrogen (secondary N) is 1. The number of aromatic nitrogens is 4. The van der Waals surface area contributed by atoms with E-state index in [-0.39, 0.29) is 6.04 Å². The van der Waals surface area contributed by atoms with Gasteiger partial charge in [-0.15, -0.1) is 0 Å². The number of hydrogen-bond acceptors (Lipinski definition) is 4. The number of nitrogens with two attached hydrogens (primary N) is 1. The van der Waals surface area contributed by atoms with Crippen molar-refractivity contribution in [3.63, 3.8) is 0 Å². The summed E-state index contributed by atoms with van der Waals surface area (Å²) in [4.78, 5) is 0. The third-order valence-corrected chi connectivity index (χ3v) is 4.51. The Kier molecular flexibility index (Phi) is 4.62. The molecule has 20 heavy (non-hydrogen) atoms. The van der Waals surface area contributed by atoms with Crippen LogP contribution in [-0.2, 0) is 20.0 Å². The molecule has 0 radical (unpaired) electrons. The minimum atomic E-state index is 0.0152. The van der Waals surface area contributed by atoms with Gasteiger partial charge >= 0.3 is 0 Å². The normalized spacial score (nSPS) is 12.9. The zero-order chi connectivity index (χ0) is 14.9.